The van der Waals surface area contributed by atoms with Gasteiger partial charge in [-0.3, -0.25) is 14.3 Å². The lowest BCUT2D eigenvalue weighted by atomic mass is 9.90. The van der Waals surface area contributed by atoms with Crippen LogP contribution in [0.2, 0.25) is 0 Å². The monoisotopic (exact) mass is 353 g/mol. The minimum absolute atomic E-state index is 0.0345. The van der Waals surface area contributed by atoms with E-state index in [-0.39, 0.29) is 23.7 Å². The number of carbonyl (C=O) groups excluding carboxylic acids is 2. The molecule has 1 aliphatic heterocycles. The molecule has 2 amide bonds. The lowest BCUT2D eigenvalue weighted by Crippen LogP contribution is -2.28. The number of aromatic nitrogens is 2. The highest BCUT2D eigenvalue weighted by Crippen LogP contribution is 2.28. The molecule has 0 unspecified atom stereocenters. The maximum absolute atomic E-state index is 12.7. The molecule has 0 radical (unpaired) electrons. The zero-order chi connectivity index (χ0) is 18.5. The van der Waals surface area contributed by atoms with E-state index in [1.807, 2.05) is 19.4 Å². The van der Waals surface area contributed by atoms with Gasteiger partial charge >= 0.3 is 0 Å². The smallest absolute Gasteiger partial charge is 0.251 e. The summed E-state index contributed by atoms with van der Waals surface area (Å²) in [6, 6.07) is 6.86. The van der Waals surface area contributed by atoms with E-state index < -0.39 is 0 Å². The maximum atomic E-state index is 12.7. The van der Waals surface area contributed by atoms with Gasteiger partial charge in [0.25, 0.3) is 5.91 Å². The summed E-state index contributed by atoms with van der Waals surface area (Å²) in [6.45, 7) is 5.37. The van der Waals surface area contributed by atoms with Gasteiger partial charge in [0.05, 0.1) is 12.1 Å². The number of benzene rings is 1. The molecule has 1 fully saturated rings. The van der Waals surface area contributed by atoms with Crippen LogP contribution in [0.25, 0.3) is 0 Å². The first-order valence-corrected chi connectivity index (χ1v) is 8.57. The molecule has 0 bridgehead atoms. The molecule has 7 nitrogen and oxygen atoms in total. The maximum Gasteiger partial charge on any atom is 0.251 e. The summed E-state index contributed by atoms with van der Waals surface area (Å²) in [7, 11) is 1.87. The summed E-state index contributed by atoms with van der Waals surface area (Å²) in [4.78, 5) is 24.6. The van der Waals surface area contributed by atoms with Crippen molar-refractivity contribution >= 4 is 17.5 Å². The Hall–Kier alpha value is -2.93. The Balaban J connectivity index is 1.64. The zero-order valence-electron chi connectivity index (χ0n) is 14.7. The molecule has 2 atom stereocenters. The third-order valence-electron chi connectivity index (χ3n) is 4.53. The van der Waals surface area contributed by atoms with Crippen LogP contribution in [-0.4, -0.2) is 41.2 Å². The van der Waals surface area contributed by atoms with Gasteiger partial charge in [0, 0.05) is 50.0 Å². The number of carbonyl (C=O) groups is 2. The molecule has 26 heavy (non-hydrogen) atoms. The fourth-order valence-corrected chi connectivity index (χ4v) is 3.14. The Morgan fingerprint density at radius 1 is 1.35 bits per heavy atom. The van der Waals surface area contributed by atoms with Crippen molar-refractivity contribution in [3.63, 3.8) is 0 Å². The molecule has 0 saturated carbocycles. The first-order chi connectivity index (χ1) is 12.6. The Labute approximate surface area is 152 Å². The number of rotatable bonds is 6. The fraction of sp³-hybridized carbons (Fsp3) is 0.316. The first-order valence-electron chi connectivity index (χ1n) is 8.57. The molecule has 1 aromatic carbocycles. The second-order valence-electron chi connectivity index (χ2n) is 6.38. The predicted octanol–water partition coefficient (Wildman–Crippen LogP) is 1.28. The van der Waals surface area contributed by atoms with Crippen molar-refractivity contribution in [1.82, 2.24) is 20.4 Å². The van der Waals surface area contributed by atoms with Gasteiger partial charge in [-0.2, -0.15) is 5.10 Å². The summed E-state index contributed by atoms with van der Waals surface area (Å²) < 4.78 is 1.75. The molecule has 3 N–H and O–H groups in total. The molecule has 3 rings (SSSR count). The normalized spacial score (nSPS) is 19.1. The predicted molar refractivity (Wildman–Crippen MR) is 99.9 cm³/mol. The summed E-state index contributed by atoms with van der Waals surface area (Å²) in [6.07, 6.45) is 5.39. The van der Waals surface area contributed by atoms with Crippen molar-refractivity contribution in [1.29, 1.82) is 0 Å². The topological polar surface area (TPSA) is 88.1 Å². The highest BCUT2D eigenvalue weighted by atomic mass is 16.2. The van der Waals surface area contributed by atoms with Crippen LogP contribution in [0.5, 0.6) is 0 Å². The summed E-state index contributed by atoms with van der Waals surface area (Å²) in [5.74, 6) is -0.255. The van der Waals surface area contributed by atoms with Crippen LogP contribution < -0.4 is 16.0 Å². The van der Waals surface area contributed by atoms with Crippen molar-refractivity contribution in [3.05, 3.63) is 60.4 Å². The quantitative estimate of drug-likeness (QED) is 0.683. The second-order valence-corrected chi connectivity index (χ2v) is 6.38. The van der Waals surface area contributed by atoms with Crippen LogP contribution in [-0.2, 0) is 11.8 Å². The van der Waals surface area contributed by atoms with Gasteiger partial charge in [0.15, 0.2) is 0 Å². The molecule has 2 aromatic rings. The SMILES string of the molecule is C=CCNC(=O)c1ccc(NC(=O)[C@H]2CNC[C@@H]2c2cnn(C)c2)cc1. The molecule has 7 heteroatoms. The van der Waals surface area contributed by atoms with Gasteiger partial charge in [-0.25, -0.2) is 0 Å². The third kappa shape index (κ3) is 4.00. The molecule has 0 spiro atoms. The highest BCUT2D eigenvalue weighted by Gasteiger charge is 2.34. The Morgan fingerprint density at radius 3 is 2.77 bits per heavy atom. The number of hydrogen-bond donors (Lipinski definition) is 3. The summed E-state index contributed by atoms with van der Waals surface area (Å²) >= 11 is 0. The van der Waals surface area contributed by atoms with Gasteiger partial charge in [0.1, 0.15) is 0 Å². The number of amides is 2. The number of hydrogen-bond acceptors (Lipinski definition) is 4. The van der Waals surface area contributed by atoms with E-state index in [4.69, 9.17) is 0 Å². The van der Waals surface area contributed by atoms with E-state index in [0.717, 1.165) is 12.1 Å². The molecular weight excluding hydrogens is 330 g/mol. The standard InChI is InChI=1S/C19H23N5O2/c1-3-8-21-18(25)13-4-6-15(7-5-13)23-19(26)17-11-20-10-16(17)14-9-22-24(2)12-14/h3-7,9,12,16-17,20H,1,8,10-11H2,2H3,(H,21,25)(H,23,26)/t16-,17+/m1/s1. The minimum atomic E-state index is -0.167. The van der Waals surface area contributed by atoms with Crippen LogP contribution in [0.15, 0.2) is 49.3 Å². The van der Waals surface area contributed by atoms with E-state index in [1.54, 1.807) is 35.0 Å². The van der Waals surface area contributed by atoms with E-state index >= 15 is 0 Å². The van der Waals surface area contributed by atoms with Crippen LogP contribution in [0.3, 0.4) is 0 Å². The average Bonchev–Trinajstić information content (AvgIpc) is 3.29. The van der Waals surface area contributed by atoms with E-state index in [0.29, 0.717) is 24.3 Å². The average molecular weight is 353 g/mol. The van der Waals surface area contributed by atoms with Crippen LogP contribution in [0, 0.1) is 5.92 Å². The number of nitrogens with zero attached hydrogens (tertiary/aromatic N) is 2. The molecule has 136 valence electrons. The lowest BCUT2D eigenvalue weighted by molar-refractivity contribution is -0.119. The molecular formula is C19H23N5O2. The van der Waals surface area contributed by atoms with Gasteiger partial charge in [-0.1, -0.05) is 6.08 Å². The Bertz CT molecular complexity index is 797. The van der Waals surface area contributed by atoms with Crippen molar-refractivity contribution in [2.75, 3.05) is 25.0 Å². The van der Waals surface area contributed by atoms with Gasteiger partial charge in [-0.15, -0.1) is 6.58 Å². The van der Waals surface area contributed by atoms with Gasteiger partial charge < -0.3 is 16.0 Å². The highest BCUT2D eigenvalue weighted by molar-refractivity contribution is 5.96. The van der Waals surface area contributed by atoms with E-state index in [9.17, 15) is 9.59 Å². The van der Waals surface area contributed by atoms with Gasteiger partial charge in [-0.05, 0) is 29.8 Å². The fourth-order valence-electron chi connectivity index (χ4n) is 3.14. The van der Waals surface area contributed by atoms with Gasteiger partial charge in [0.2, 0.25) is 5.91 Å². The van der Waals surface area contributed by atoms with Crippen LogP contribution >= 0.6 is 0 Å². The molecule has 2 heterocycles. The van der Waals surface area contributed by atoms with Crippen molar-refractivity contribution < 1.29 is 9.59 Å². The Morgan fingerprint density at radius 2 is 2.12 bits per heavy atom. The van der Waals surface area contributed by atoms with Crippen LogP contribution in [0.1, 0.15) is 21.8 Å². The minimum Gasteiger partial charge on any atom is -0.349 e. The number of aryl methyl sites for hydroxylation is 1. The number of anilines is 1. The molecule has 1 aromatic heterocycles. The van der Waals surface area contributed by atoms with Crippen molar-refractivity contribution in [2.45, 2.75) is 5.92 Å². The first kappa shape index (κ1) is 17.9. The lowest BCUT2D eigenvalue weighted by Gasteiger charge is -2.17. The van der Waals surface area contributed by atoms with Crippen LogP contribution in [0.4, 0.5) is 5.69 Å². The van der Waals surface area contributed by atoms with E-state index in [1.165, 1.54) is 0 Å². The zero-order valence-corrected chi connectivity index (χ0v) is 14.7. The molecule has 0 aliphatic carbocycles. The largest absolute Gasteiger partial charge is 0.349 e. The number of nitrogens with one attached hydrogen (secondary N) is 3. The summed E-state index contributed by atoms with van der Waals surface area (Å²) in [5.41, 5.74) is 2.28. The molecule has 1 aliphatic rings. The van der Waals surface area contributed by atoms with Crippen molar-refractivity contribution in [2.24, 2.45) is 13.0 Å². The molecule has 1 saturated heterocycles. The van der Waals surface area contributed by atoms with Crippen molar-refractivity contribution in [3.8, 4) is 0 Å². The Kier molecular flexibility index (Phi) is 5.48. The second kappa shape index (κ2) is 7.97. The summed E-state index contributed by atoms with van der Waals surface area (Å²) in [5, 5.41) is 13.1. The third-order valence-corrected chi connectivity index (χ3v) is 4.53. The van der Waals surface area contributed by atoms with E-state index in [2.05, 4.69) is 27.6 Å².